The van der Waals surface area contributed by atoms with E-state index in [4.69, 9.17) is 0 Å². The molecule has 1 aromatic rings. The Morgan fingerprint density at radius 3 is 2.47 bits per heavy atom. The van der Waals surface area contributed by atoms with Crippen LogP contribution in [0.4, 0.5) is 0 Å². The van der Waals surface area contributed by atoms with Crippen molar-refractivity contribution in [3.05, 3.63) is 39.4 Å². The fourth-order valence-electron chi connectivity index (χ4n) is 1.90. The summed E-state index contributed by atoms with van der Waals surface area (Å²) in [5, 5.41) is 3.53. The van der Waals surface area contributed by atoms with Gasteiger partial charge in [-0.05, 0) is 42.5 Å². The van der Waals surface area contributed by atoms with E-state index < -0.39 is 0 Å². The van der Waals surface area contributed by atoms with Gasteiger partial charge in [-0.15, -0.1) is 0 Å². The van der Waals surface area contributed by atoms with Gasteiger partial charge in [-0.1, -0.05) is 67.4 Å². The third-order valence-corrected chi connectivity index (χ3v) is 4.05. The monoisotopic (exact) mass is 323 g/mol. The lowest BCUT2D eigenvalue weighted by Crippen LogP contribution is -2.23. The molecule has 0 bridgehead atoms. The van der Waals surface area contributed by atoms with Crippen molar-refractivity contribution in [3.63, 3.8) is 0 Å². The van der Waals surface area contributed by atoms with E-state index in [0.29, 0.717) is 11.8 Å². The van der Waals surface area contributed by atoms with Gasteiger partial charge in [0.25, 0.3) is 0 Å². The Bertz CT molecular complexity index is 433. The summed E-state index contributed by atoms with van der Waals surface area (Å²) in [7, 11) is 0. The van der Waals surface area contributed by atoms with Crippen molar-refractivity contribution in [2.75, 3.05) is 13.1 Å². The van der Waals surface area contributed by atoms with E-state index in [2.05, 4.69) is 80.1 Å². The van der Waals surface area contributed by atoms with Gasteiger partial charge in [0.15, 0.2) is 0 Å². The zero-order valence-electron chi connectivity index (χ0n) is 12.8. The summed E-state index contributed by atoms with van der Waals surface area (Å²) >= 11 is 3.55. The first-order valence-corrected chi connectivity index (χ1v) is 7.86. The summed E-state index contributed by atoms with van der Waals surface area (Å²) in [5.41, 5.74) is 4.03. The van der Waals surface area contributed by atoms with Gasteiger partial charge in [-0.2, -0.15) is 0 Å². The summed E-state index contributed by atoms with van der Waals surface area (Å²) in [4.78, 5) is 0. The first kappa shape index (κ1) is 16.5. The average molecular weight is 324 g/mol. The second-order valence-electron chi connectivity index (χ2n) is 5.91. The lowest BCUT2D eigenvalue weighted by atomic mass is 9.99. The van der Waals surface area contributed by atoms with Crippen LogP contribution in [0.5, 0.6) is 0 Å². The standard InChI is InChI=1S/C17H26BrN/c1-12(2)10-19-11-16(13(3)4)9-15-6-7-17(18)14(5)8-15/h6-9,12-13,19H,10-11H2,1-5H3. The number of halogens is 1. The molecule has 0 spiro atoms. The molecule has 2 heteroatoms. The fraction of sp³-hybridized carbons (Fsp3) is 0.529. The van der Waals surface area contributed by atoms with Crippen molar-refractivity contribution in [1.82, 2.24) is 5.32 Å². The van der Waals surface area contributed by atoms with Crippen LogP contribution in [0.2, 0.25) is 0 Å². The topological polar surface area (TPSA) is 12.0 Å². The van der Waals surface area contributed by atoms with Crippen molar-refractivity contribution in [2.45, 2.75) is 34.6 Å². The molecule has 0 fully saturated rings. The smallest absolute Gasteiger partial charge is 0.0204 e. The summed E-state index contributed by atoms with van der Waals surface area (Å²) in [6.45, 7) is 13.2. The maximum atomic E-state index is 3.55. The number of hydrogen-bond acceptors (Lipinski definition) is 1. The Morgan fingerprint density at radius 1 is 1.26 bits per heavy atom. The molecule has 0 aliphatic heterocycles. The van der Waals surface area contributed by atoms with Crippen LogP contribution in [-0.2, 0) is 0 Å². The molecule has 0 aliphatic rings. The number of aryl methyl sites for hydroxylation is 1. The molecule has 0 aliphatic carbocycles. The van der Waals surface area contributed by atoms with Gasteiger partial charge in [-0.3, -0.25) is 0 Å². The van der Waals surface area contributed by atoms with Gasteiger partial charge in [0.05, 0.1) is 0 Å². The van der Waals surface area contributed by atoms with Crippen LogP contribution in [0, 0.1) is 18.8 Å². The van der Waals surface area contributed by atoms with Crippen LogP contribution in [0.25, 0.3) is 6.08 Å². The van der Waals surface area contributed by atoms with E-state index in [0.717, 1.165) is 13.1 Å². The average Bonchev–Trinajstić information content (AvgIpc) is 2.32. The largest absolute Gasteiger partial charge is 0.313 e. The summed E-state index contributed by atoms with van der Waals surface area (Å²) < 4.78 is 1.17. The lowest BCUT2D eigenvalue weighted by molar-refractivity contribution is 0.558. The quantitative estimate of drug-likeness (QED) is 0.773. The van der Waals surface area contributed by atoms with Crippen molar-refractivity contribution in [3.8, 4) is 0 Å². The normalized spacial score (nSPS) is 12.5. The minimum absolute atomic E-state index is 0.573. The fourth-order valence-corrected chi connectivity index (χ4v) is 2.15. The highest BCUT2D eigenvalue weighted by Crippen LogP contribution is 2.20. The van der Waals surface area contributed by atoms with Crippen LogP contribution in [0.15, 0.2) is 28.2 Å². The van der Waals surface area contributed by atoms with E-state index in [1.54, 1.807) is 0 Å². The minimum atomic E-state index is 0.573. The molecule has 0 atom stereocenters. The minimum Gasteiger partial charge on any atom is -0.313 e. The van der Waals surface area contributed by atoms with Crippen LogP contribution < -0.4 is 5.32 Å². The zero-order chi connectivity index (χ0) is 14.4. The van der Waals surface area contributed by atoms with E-state index in [-0.39, 0.29) is 0 Å². The van der Waals surface area contributed by atoms with Crippen LogP contribution in [-0.4, -0.2) is 13.1 Å². The molecule has 0 unspecified atom stereocenters. The van der Waals surface area contributed by atoms with Gasteiger partial charge in [0, 0.05) is 11.0 Å². The molecule has 1 rings (SSSR count). The van der Waals surface area contributed by atoms with Crippen LogP contribution >= 0.6 is 15.9 Å². The molecule has 0 heterocycles. The Balaban J connectivity index is 2.79. The first-order chi connectivity index (χ1) is 8.90. The molecule has 1 nitrogen and oxygen atoms in total. The van der Waals surface area contributed by atoms with Crippen molar-refractivity contribution in [1.29, 1.82) is 0 Å². The molecule has 0 aromatic heterocycles. The maximum Gasteiger partial charge on any atom is 0.0204 e. The van der Waals surface area contributed by atoms with Crippen LogP contribution in [0.3, 0.4) is 0 Å². The molecule has 19 heavy (non-hydrogen) atoms. The molecule has 0 saturated carbocycles. The molecule has 0 amide bonds. The molecule has 1 aromatic carbocycles. The van der Waals surface area contributed by atoms with Crippen molar-refractivity contribution in [2.24, 2.45) is 11.8 Å². The summed E-state index contributed by atoms with van der Waals surface area (Å²) in [6, 6.07) is 6.53. The molecule has 0 saturated heterocycles. The molecule has 106 valence electrons. The van der Waals surface area contributed by atoms with Gasteiger partial charge in [0.1, 0.15) is 0 Å². The number of nitrogens with one attached hydrogen (secondary N) is 1. The number of rotatable bonds is 6. The Hall–Kier alpha value is -0.600. The van der Waals surface area contributed by atoms with Gasteiger partial charge in [0.2, 0.25) is 0 Å². The second-order valence-corrected chi connectivity index (χ2v) is 6.76. The molecular weight excluding hydrogens is 298 g/mol. The third kappa shape index (κ3) is 5.92. The SMILES string of the molecule is Cc1cc(C=C(CNCC(C)C)C(C)C)ccc1Br. The maximum absolute atomic E-state index is 3.55. The predicted octanol–water partition coefficient (Wildman–Crippen LogP) is 5.04. The first-order valence-electron chi connectivity index (χ1n) is 7.07. The summed E-state index contributed by atoms with van der Waals surface area (Å²) in [5.74, 6) is 1.27. The van der Waals surface area contributed by atoms with Gasteiger partial charge < -0.3 is 5.32 Å². The van der Waals surface area contributed by atoms with E-state index in [9.17, 15) is 0 Å². The Morgan fingerprint density at radius 2 is 1.95 bits per heavy atom. The highest BCUT2D eigenvalue weighted by molar-refractivity contribution is 9.10. The van der Waals surface area contributed by atoms with Crippen LogP contribution in [0.1, 0.15) is 38.8 Å². The summed E-state index contributed by atoms with van der Waals surface area (Å²) in [6.07, 6.45) is 2.32. The lowest BCUT2D eigenvalue weighted by Gasteiger charge is -2.14. The molecular formula is C17H26BrN. The number of hydrogen-bond donors (Lipinski definition) is 1. The van der Waals surface area contributed by atoms with Gasteiger partial charge >= 0.3 is 0 Å². The van der Waals surface area contributed by atoms with Crippen molar-refractivity contribution < 1.29 is 0 Å². The van der Waals surface area contributed by atoms with E-state index >= 15 is 0 Å². The Labute approximate surface area is 126 Å². The molecule has 1 N–H and O–H groups in total. The predicted molar refractivity (Wildman–Crippen MR) is 89.4 cm³/mol. The van der Waals surface area contributed by atoms with E-state index in [1.165, 1.54) is 21.2 Å². The second kappa shape index (κ2) is 7.86. The zero-order valence-corrected chi connectivity index (χ0v) is 14.3. The Kier molecular flexibility index (Phi) is 6.81. The highest BCUT2D eigenvalue weighted by Gasteiger charge is 2.05. The third-order valence-electron chi connectivity index (χ3n) is 3.16. The molecule has 0 radical (unpaired) electrons. The number of benzene rings is 1. The van der Waals surface area contributed by atoms with Gasteiger partial charge in [-0.25, -0.2) is 0 Å². The highest BCUT2D eigenvalue weighted by atomic mass is 79.9. The van der Waals surface area contributed by atoms with Crippen molar-refractivity contribution >= 4 is 22.0 Å². The van der Waals surface area contributed by atoms with E-state index in [1.807, 2.05) is 0 Å².